The van der Waals surface area contributed by atoms with E-state index in [1.807, 2.05) is 24.3 Å². The molecule has 20 heavy (non-hydrogen) atoms. The Bertz CT molecular complexity index is 499. The van der Waals surface area contributed by atoms with Crippen LogP contribution in [0.3, 0.4) is 0 Å². The molecule has 0 bridgehead atoms. The van der Waals surface area contributed by atoms with Gasteiger partial charge in [-0.2, -0.15) is 0 Å². The molecule has 108 valence electrons. The van der Waals surface area contributed by atoms with E-state index in [0.717, 1.165) is 9.13 Å². The summed E-state index contributed by atoms with van der Waals surface area (Å²) < 4.78 is 5.91. The second-order valence-corrected chi connectivity index (χ2v) is 5.62. The number of amides is 2. The summed E-state index contributed by atoms with van der Waals surface area (Å²) in [4.78, 5) is 27.4. The maximum atomic E-state index is 12.4. The zero-order chi connectivity index (χ0) is 14.5. The van der Waals surface area contributed by atoms with Gasteiger partial charge in [0.15, 0.2) is 0 Å². The lowest BCUT2D eigenvalue weighted by Gasteiger charge is -2.34. The molecule has 0 N–H and O–H groups in total. The van der Waals surface area contributed by atoms with Crippen molar-refractivity contribution in [1.82, 2.24) is 9.80 Å². The maximum absolute atomic E-state index is 12.4. The Morgan fingerprint density at radius 1 is 1.15 bits per heavy atom. The van der Waals surface area contributed by atoms with Gasteiger partial charge >= 0.3 is 6.09 Å². The van der Waals surface area contributed by atoms with E-state index in [1.54, 1.807) is 16.7 Å². The van der Waals surface area contributed by atoms with Crippen molar-refractivity contribution in [2.45, 2.75) is 6.92 Å². The van der Waals surface area contributed by atoms with Gasteiger partial charge < -0.3 is 14.5 Å². The fraction of sp³-hybridized carbons (Fsp3) is 0.429. The summed E-state index contributed by atoms with van der Waals surface area (Å²) in [5.41, 5.74) is 0.720. The molecule has 6 heteroatoms. The number of rotatable bonds is 2. The zero-order valence-corrected chi connectivity index (χ0v) is 13.5. The highest BCUT2D eigenvalue weighted by Crippen LogP contribution is 2.15. The lowest BCUT2D eigenvalue weighted by Crippen LogP contribution is -2.50. The number of halogens is 1. The molecule has 1 aromatic rings. The van der Waals surface area contributed by atoms with Crippen molar-refractivity contribution in [2.75, 3.05) is 32.8 Å². The maximum Gasteiger partial charge on any atom is 0.409 e. The third kappa shape index (κ3) is 3.41. The van der Waals surface area contributed by atoms with Crippen LogP contribution in [0.2, 0.25) is 0 Å². The van der Waals surface area contributed by atoms with Crippen molar-refractivity contribution in [3.05, 3.63) is 33.4 Å². The number of carbonyl (C=O) groups is 2. The van der Waals surface area contributed by atoms with Crippen LogP contribution in [0.5, 0.6) is 0 Å². The normalized spacial score (nSPS) is 15.1. The van der Waals surface area contributed by atoms with Crippen LogP contribution in [-0.4, -0.2) is 54.6 Å². The zero-order valence-electron chi connectivity index (χ0n) is 11.3. The monoisotopic (exact) mass is 388 g/mol. The van der Waals surface area contributed by atoms with Gasteiger partial charge in [0.25, 0.3) is 5.91 Å². The van der Waals surface area contributed by atoms with Crippen LogP contribution < -0.4 is 0 Å². The van der Waals surface area contributed by atoms with Crippen molar-refractivity contribution >= 4 is 34.6 Å². The first-order valence-corrected chi connectivity index (χ1v) is 7.67. The number of carbonyl (C=O) groups excluding carboxylic acids is 2. The minimum atomic E-state index is -0.297. The Labute approximate surface area is 132 Å². The molecule has 0 radical (unpaired) electrons. The molecule has 0 spiro atoms. The summed E-state index contributed by atoms with van der Waals surface area (Å²) in [5.74, 6) is 0.0264. The van der Waals surface area contributed by atoms with Crippen LogP contribution >= 0.6 is 22.6 Å². The molecule has 2 rings (SSSR count). The molecule has 0 unspecified atom stereocenters. The first-order chi connectivity index (χ1) is 9.63. The molecule has 1 aromatic carbocycles. The second-order valence-electron chi connectivity index (χ2n) is 4.46. The molecule has 1 fully saturated rings. The second kappa shape index (κ2) is 6.92. The van der Waals surface area contributed by atoms with Crippen molar-refractivity contribution in [2.24, 2.45) is 0 Å². The Balaban J connectivity index is 1.96. The topological polar surface area (TPSA) is 49.9 Å². The molecule has 5 nitrogen and oxygen atoms in total. The SMILES string of the molecule is CCOC(=O)N1CCN(C(=O)c2ccccc2I)CC1. The smallest absolute Gasteiger partial charge is 0.409 e. The van der Waals surface area contributed by atoms with Gasteiger partial charge in [0.2, 0.25) is 0 Å². The Morgan fingerprint density at radius 2 is 1.75 bits per heavy atom. The van der Waals surface area contributed by atoms with Gasteiger partial charge in [0.1, 0.15) is 0 Å². The Kier molecular flexibility index (Phi) is 5.22. The first-order valence-electron chi connectivity index (χ1n) is 6.59. The summed E-state index contributed by atoms with van der Waals surface area (Å²) in [6, 6.07) is 7.53. The van der Waals surface area contributed by atoms with E-state index >= 15 is 0 Å². The number of piperazine rings is 1. The minimum absolute atomic E-state index is 0.0264. The number of hydrogen-bond acceptors (Lipinski definition) is 3. The third-order valence-electron chi connectivity index (χ3n) is 3.20. The highest BCUT2D eigenvalue weighted by molar-refractivity contribution is 14.1. The predicted molar refractivity (Wildman–Crippen MR) is 83.7 cm³/mol. The van der Waals surface area contributed by atoms with E-state index in [2.05, 4.69) is 22.6 Å². The quantitative estimate of drug-likeness (QED) is 0.731. The van der Waals surface area contributed by atoms with Crippen LogP contribution in [0, 0.1) is 3.57 Å². The molecular weight excluding hydrogens is 371 g/mol. The van der Waals surface area contributed by atoms with E-state index in [4.69, 9.17) is 4.74 Å². The summed E-state index contributed by atoms with van der Waals surface area (Å²) in [6.45, 7) is 4.29. The summed E-state index contributed by atoms with van der Waals surface area (Å²) >= 11 is 2.17. The average molecular weight is 388 g/mol. The number of ether oxygens (including phenoxy) is 1. The largest absolute Gasteiger partial charge is 0.450 e. The Morgan fingerprint density at radius 3 is 2.35 bits per heavy atom. The molecule has 0 saturated carbocycles. The van der Waals surface area contributed by atoms with Crippen molar-refractivity contribution < 1.29 is 14.3 Å². The third-order valence-corrected chi connectivity index (χ3v) is 4.14. The van der Waals surface area contributed by atoms with E-state index in [-0.39, 0.29) is 12.0 Å². The molecule has 1 saturated heterocycles. The van der Waals surface area contributed by atoms with Crippen LogP contribution in [0.25, 0.3) is 0 Å². The molecule has 1 aliphatic rings. The van der Waals surface area contributed by atoms with Gasteiger partial charge in [-0.25, -0.2) is 4.79 Å². The van der Waals surface area contributed by atoms with Gasteiger partial charge in [-0.3, -0.25) is 4.79 Å². The fourth-order valence-corrected chi connectivity index (χ4v) is 2.73. The summed E-state index contributed by atoms with van der Waals surface area (Å²) in [5, 5.41) is 0. The van der Waals surface area contributed by atoms with Gasteiger partial charge in [-0.05, 0) is 41.6 Å². The van der Waals surface area contributed by atoms with E-state index in [1.165, 1.54) is 0 Å². The van der Waals surface area contributed by atoms with Gasteiger partial charge in [0.05, 0.1) is 12.2 Å². The van der Waals surface area contributed by atoms with Crippen LogP contribution in [-0.2, 0) is 4.74 Å². The van der Waals surface area contributed by atoms with Crippen LogP contribution in [0.1, 0.15) is 17.3 Å². The number of nitrogens with zero attached hydrogens (tertiary/aromatic N) is 2. The molecule has 0 atom stereocenters. The van der Waals surface area contributed by atoms with E-state index in [0.29, 0.717) is 32.8 Å². The minimum Gasteiger partial charge on any atom is -0.450 e. The summed E-state index contributed by atoms with van der Waals surface area (Å²) in [6.07, 6.45) is -0.297. The van der Waals surface area contributed by atoms with E-state index < -0.39 is 0 Å². The highest BCUT2D eigenvalue weighted by Gasteiger charge is 2.26. The fourth-order valence-electron chi connectivity index (χ4n) is 2.11. The van der Waals surface area contributed by atoms with Gasteiger partial charge in [0, 0.05) is 29.7 Å². The molecule has 2 amide bonds. The van der Waals surface area contributed by atoms with Crippen molar-refractivity contribution in [1.29, 1.82) is 0 Å². The molecular formula is C14H17IN2O3. The van der Waals surface area contributed by atoms with Crippen LogP contribution in [0.4, 0.5) is 4.79 Å². The van der Waals surface area contributed by atoms with Crippen LogP contribution in [0.15, 0.2) is 24.3 Å². The lowest BCUT2D eigenvalue weighted by atomic mass is 10.2. The number of hydrogen-bond donors (Lipinski definition) is 0. The van der Waals surface area contributed by atoms with Gasteiger partial charge in [-0.15, -0.1) is 0 Å². The molecule has 0 aliphatic carbocycles. The van der Waals surface area contributed by atoms with E-state index in [9.17, 15) is 9.59 Å². The van der Waals surface area contributed by atoms with Gasteiger partial charge in [-0.1, -0.05) is 12.1 Å². The number of benzene rings is 1. The summed E-state index contributed by atoms with van der Waals surface area (Å²) in [7, 11) is 0. The standard InChI is InChI=1S/C14H17IN2O3/c1-2-20-14(19)17-9-7-16(8-10-17)13(18)11-5-3-4-6-12(11)15/h3-6H,2,7-10H2,1H3. The highest BCUT2D eigenvalue weighted by atomic mass is 127. The Hall–Kier alpha value is -1.31. The lowest BCUT2D eigenvalue weighted by molar-refractivity contribution is 0.0569. The van der Waals surface area contributed by atoms with Crippen molar-refractivity contribution in [3.8, 4) is 0 Å². The predicted octanol–water partition coefficient (Wildman–Crippen LogP) is 2.21. The van der Waals surface area contributed by atoms with Crippen molar-refractivity contribution in [3.63, 3.8) is 0 Å². The molecule has 1 aliphatic heterocycles. The average Bonchev–Trinajstić information content (AvgIpc) is 2.47. The molecule has 1 heterocycles. The first kappa shape index (κ1) is 15.1. The molecule has 0 aromatic heterocycles.